The first kappa shape index (κ1) is 9.98. The van der Waals surface area contributed by atoms with E-state index >= 15 is 0 Å². The molecule has 15 heavy (non-hydrogen) atoms. The highest BCUT2D eigenvalue weighted by Gasteiger charge is 2.31. The van der Waals surface area contributed by atoms with Gasteiger partial charge in [-0.1, -0.05) is 0 Å². The molecule has 4 nitrogen and oxygen atoms in total. The maximum Gasteiger partial charge on any atom is 0.180 e. The summed E-state index contributed by atoms with van der Waals surface area (Å²) in [6.45, 7) is 0. The summed E-state index contributed by atoms with van der Waals surface area (Å²) in [5.41, 5.74) is 7.21. The second-order valence-corrected chi connectivity index (χ2v) is 3.50. The highest BCUT2D eigenvalue weighted by atomic mass is 16.5. The van der Waals surface area contributed by atoms with Crippen LogP contribution in [0.5, 0.6) is 11.5 Å². The first-order valence-corrected chi connectivity index (χ1v) is 4.72. The van der Waals surface area contributed by atoms with Crippen molar-refractivity contribution in [2.45, 2.75) is 12.5 Å². The summed E-state index contributed by atoms with van der Waals surface area (Å²) in [5, 5.41) is 0. The molecule has 2 N–H and O–H groups in total. The van der Waals surface area contributed by atoms with Crippen molar-refractivity contribution >= 4 is 5.78 Å². The number of carbonyl (C=O) groups excluding carboxylic acids is 1. The first-order chi connectivity index (χ1) is 7.19. The SMILES string of the molecule is COc1ccc2c(c1OC)CC(N)C2=O. The quantitative estimate of drug-likeness (QED) is 0.778. The summed E-state index contributed by atoms with van der Waals surface area (Å²) in [6.07, 6.45) is 0.522. The number of fused-ring (bicyclic) bond motifs is 1. The zero-order chi connectivity index (χ0) is 11.0. The van der Waals surface area contributed by atoms with Crippen LogP contribution in [0, 0.1) is 0 Å². The van der Waals surface area contributed by atoms with Crippen LogP contribution < -0.4 is 15.2 Å². The van der Waals surface area contributed by atoms with E-state index in [4.69, 9.17) is 15.2 Å². The zero-order valence-electron chi connectivity index (χ0n) is 8.74. The van der Waals surface area contributed by atoms with Crippen molar-refractivity contribution in [3.63, 3.8) is 0 Å². The topological polar surface area (TPSA) is 61.6 Å². The summed E-state index contributed by atoms with van der Waals surface area (Å²) < 4.78 is 10.4. The molecule has 0 bridgehead atoms. The zero-order valence-corrected chi connectivity index (χ0v) is 8.74. The molecule has 1 aliphatic rings. The van der Waals surface area contributed by atoms with E-state index in [-0.39, 0.29) is 5.78 Å². The van der Waals surface area contributed by atoms with Crippen molar-refractivity contribution < 1.29 is 14.3 Å². The maximum atomic E-state index is 11.6. The predicted molar refractivity (Wildman–Crippen MR) is 55.6 cm³/mol. The van der Waals surface area contributed by atoms with Gasteiger partial charge in [0.05, 0.1) is 20.3 Å². The van der Waals surface area contributed by atoms with Crippen LogP contribution in [0.4, 0.5) is 0 Å². The number of ether oxygens (including phenoxy) is 2. The Bertz CT molecular complexity index is 415. The molecule has 0 heterocycles. The van der Waals surface area contributed by atoms with Crippen molar-refractivity contribution in [3.8, 4) is 11.5 Å². The minimum absolute atomic E-state index is 0.0223. The van der Waals surface area contributed by atoms with Crippen LogP contribution in [0.3, 0.4) is 0 Å². The largest absolute Gasteiger partial charge is 0.493 e. The molecule has 80 valence electrons. The lowest BCUT2D eigenvalue weighted by atomic mass is 10.1. The lowest BCUT2D eigenvalue weighted by Gasteiger charge is -2.10. The summed E-state index contributed by atoms with van der Waals surface area (Å²) in [7, 11) is 3.13. The number of hydrogen-bond acceptors (Lipinski definition) is 4. The molecule has 1 aromatic rings. The molecule has 0 fully saturated rings. The molecular formula is C11H13NO3. The third kappa shape index (κ3) is 1.37. The van der Waals surface area contributed by atoms with Gasteiger partial charge in [0, 0.05) is 11.1 Å². The Hall–Kier alpha value is -1.55. The van der Waals surface area contributed by atoms with Gasteiger partial charge in [-0.25, -0.2) is 0 Å². The molecular weight excluding hydrogens is 194 g/mol. The van der Waals surface area contributed by atoms with Gasteiger partial charge in [0.2, 0.25) is 0 Å². The number of Topliss-reactive ketones (excluding diaryl/α,β-unsaturated/α-hetero) is 1. The lowest BCUT2D eigenvalue weighted by Crippen LogP contribution is -2.26. The van der Waals surface area contributed by atoms with Crippen molar-refractivity contribution in [1.29, 1.82) is 0 Å². The van der Waals surface area contributed by atoms with Crippen molar-refractivity contribution in [2.24, 2.45) is 5.73 Å². The monoisotopic (exact) mass is 207 g/mol. The second-order valence-electron chi connectivity index (χ2n) is 3.50. The highest BCUT2D eigenvalue weighted by molar-refractivity contribution is 6.05. The van der Waals surface area contributed by atoms with Gasteiger partial charge < -0.3 is 15.2 Å². The number of ketones is 1. The van der Waals surface area contributed by atoms with E-state index in [2.05, 4.69) is 0 Å². The second kappa shape index (κ2) is 3.55. The number of carbonyl (C=O) groups is 1. The third-order valence-electron chi connectivity index (χ3n) is 2.67. The Labute approximate surface area is 88.0 Å². The molecule has 4 heteroatoms. The average molecular weight is 207 g/mol. The number of nitrogens with two attached hydrogens (primary N) is 1. The van der Waals surface area contributed by atoms with Gasteiger partial charge in [0.25, 0.3) is 0 Å². The minimum Gasteiger partial charge on any atom is -0.493 e. The molecule has 0 aliphatic heterocycles. The summed E-state index contributed by atoms with van der Waals surface area (Å²) in [5.74, 6) is 1.24. The molecule has 1 aliphatic carbocycles. The molecule has 0 aromatic heterocycles. The molecule has 0 saturated heterocycles. The number of rotatable bonds is 2. The minimum atomic E-state index is -0.444. The molecule has 1 unspecified atom stereocenters. The lowest BCUT2D eigenvalue weighted by molar-refractivity contribution is 0.0974. The van der Waals surface area contributed by atoms with Crippen molar-refractivity contribution in [2.75, 3.05) is 14.2 Å². The van der Waals surface area contributed by atoms with Gasteiger partial charge in [-0.05, 0) is 18.6 Å². The van der Waals surface area contributed by atoms with E-state index in [1.165, 1.54) is 0 Å². The van der Waals surface area contributed by atoms with Crippen molar-refractivity contribution in [3.05, 3.63) is 23.3 Å². The molecule has 1 aromatic carbocycles. The van der Waals surface area contributed by atoms with E-state index in [0.29, 0.717) is 23.5 Å². The Balaban J connectivity index is 2.59. The van der Waals surface area contributed by atoms with E-state index in [0.717, 1.165) is 5.56 Å². The van der Waals surface area contributed by atoms with E-state index in [1.807, 2.05) is 0 Å². The molecule has 0 saturated carbocycles. The van der Waals surface area contributed by atoms with E-state index in [1.54, 1.807) is 26.4 Å². The Morgan fingerprint density at radius 3 is 2.67 bits per heavy atom. The third-order valence-corrected chi connectivity index (χ3v) is 2.67. The fourth-order valence-electron chi connectivity index (χ4n) is 1.94. The Morgan fingerprint density at radius 2 is 2.07 bits per heavy atom. The maximum absolute atomic E-state index is 11.6. The summed E-state index contributed by atoms with van der Waals surface area (Å²) in [4.78, 5) is 11.6. The molecule has 0 spiro atoms. The van der Waals surface area contributed by atoms with Crippen LogP contribution in [-0.2, 0) is 6.42 Å². The highest BCUT2D eigenvalue weighted by Crippen LogP contribution is 2.37. The van der Waals surface area contributed by atoms with Crippen LogP contribution in [0.25, 0.3) is 0 Å². The molecule has 0 amide bonds. The van der Waals surface area contributed by atoms with Gasteiger partial charge in [0.15, 0.2) is 17.3 Å². The first-order valence-electron chi connectivity index (χ1n) is 4.72. The average Bonchev–Trinajstić information content (AvgIpc) is 2.54. The van der Waals surface area contributed by atoms with E-state index in [9.17, 15) is 4.79 Å². The van der Waals surface area contributed by atoms with Gasteiger partial charge in [0.1, 0.15) is 0 Å². The van der Waals surface area contributed by atoms with E-state index < -0.39 is 6.04 Å². The van der Waals surface area contributed by atoms with Gasteiger partial charge in [-0.2, -0.15) is 0 Å². The van der Waals surface area contributed by atoms with Gasteiger partial charge >= 0.3 is 0 Å². The van der Waals surface area contributed by atoms with Gasteiger partial charge in [-0.3, -0.25) is 4.79 Å². The fraction of sp³-hybridized carbons (Fsp3) is 0.364. The fourth-order valence-corrected chi connectivity index (χ4v) is 1.94. The van der Waals surface area contributed by atoms with Crippen LogP contribution in [0.2, 0.25) is 0 Å². The van der Waals surface area contributed by atoms with Crippen LogP contribution in [0.15, 0.2) is 12.1 Å². The van der Waals surface area contributed by atoms with Crippen molar-refractivity contribution in [1.82, 2.24) is 0 Å². The standard InChI is InChI=1S/C11H13NO3/c1-14-9-4-3-6-7(11(9)15-2)5-8(12)10(6)13/h3-4,8H,5,12H2,1-2H3. The van der Waals surface area contributed by atoms with Crippen LogP contribution in [-0.4, -0.2) is 26.0 Å². The van der Waals surface area contributed by atoms with Gasteiger partial charge in [-0.15, -0.1) is 0 Å². The smallest absolute Gasteiger partial charge is 0.180 e. The summed E-state index contributed by atoms with van der Waals surface area (Å²) in [6, 6.07) is 3.03. The summed E-state index contributed by atoms with van der Waals surface area (Å²) >= 11 is 0. The molecule has 2 rings (SSSR count). The normalized spacial score (nSPS) is 18.9. The Kier molecular flexibility index (Phi) is 2.36. The number of methoxy groups -OCH3 is 2. The number of hydrogen-bond donors (Lipinski definition) is 1. The Morgan fingerprint density at radius 1 is 1.33 bits per heavy atom. The predicted octanol–water partition coefficient (Wildman–Crippen LogP) is 0.770. The van der Waals surface area contributed by atoms with Crippen LogP contribution in [0.1, 0.15) is 15.9 Å². The van der Waals surface area contributed by atoms with Crippen LogP contribution >= 0.6 is 0 Å². The molecule has 1 atom stereocenters. The molecule has 0 radical (unpaired) electrons. The number of benzene rings is 1.